The van der Waals surface area contributed by atoms with Crippen LogP contribution in [0.5, 0.6) is 0 Å². The highest BCUT2D eigenvalue weighted by atomic mass is 15.2. The summed E-state index contributed by atoms with van der Waals surface area (Å²) < 4.78 is 0. The first-order chi connectivity index (χ1) is 8.29. The SMILES string of the molecule is CCN1CCCC1CN(C)CCCNC1CC1. The lowest BCUT2D eigenvalue weighted by Gasteiger charge is -2.27. The zero-order valence-corrected chi connectivity index (χ0v) is 11.6. The molecule has 1 N–H and O–H groups in total. The summed E-state index contributed by atoms with van der Waals surface area (Å²) in [7, 11) is 2.28. The lowest BCUT2D eigenvalue weighted by atomic mass is 10.2. The van der Waals surface area contributed by atoms with Crippen LogP contribution in [0.4, 0.5) is 0 Å². The van der Waals surface area contributed by atoms with Crippen molar-refractivity contribution in [2.24, 2.45) is 0 Å². The molecule has 0 radical (unpaired) electrons. The van der Waals surface area contributed by atoms with Crippen LogP contribution >= 0.6 is 0 Å². The maximum Gasteiger partial charge on any atom is 0.0223 e. The summed E-state index contributed by atoms with van der Waals surface area (Å²) in [6.45, 7) is 8.54. The zero-order chi connectivity index (χ0) is 12.1. The van der Waals surface area contributed by atoms with Gasteiger partial charge in [0, 0.05) is 18.6 Å². The highest BCUT2D eigenvalue weighted by Gasteiger charge is 2.24. The van der Waals surface area contributed by atoms with E-state index < -0.39 is 0 Å². The quantitative estimate of drug-likeness (QED) is 0.648. The second kappa shape index (κ2) is 6.72. The Morgan fingerprint density at radius 3 is 2.82 bits per heavy atom. The Bertz CT molecular complexity index is 216. The number of hydrogen-bond donors (Lipinski definition) is 1. The summed E-state index contributed by atoms with van der Waals surface area (Å²) in [4.78, 5) is 5.16. The first-order valence-electron chi connectivity index (χ1n) is 7.45. The topological polar surface area (TPSA) is 18.5 Å². The van der Waals surface area contributed by atoms with E-state index in [0.29, 0.717) is 0 Å². The van der Waals surface area contributed by atoms with Gasteiger partial charge in [-0.25, -0.2) is 0 Å². The van der Waals surface area contributed by atoms with Gasteiger partial charge in [0.1, 0.15) is 0 Å². The van der Waals surface area contributed by atoms with Crippen LogP contribution in [0.2, 0.25) is 0 Å². The molecule has 0 bridgehead atoms. The fraction of sp³-hybridized carbons (Fsp3) is 1.00. The molecule has 1 saturated carbocycles. The minimum Gasteiger partial charge on any atom is -0.314 e. The van der Waals surface area contributed by atoms with Gasteiger partial charge in [0.05, 0.1) is 0 Å². The number of likely N-dealkylation sites (N-methyl/N-ethyl adjacent to an activating group) is 2. The molecule has 1 atom stereocenters. The number of hydrogen-bond acceptors (Lipinski definition) is 3. The molecule has 2 fully saturated rings. The summed E-state index contributed by atoms with van der Waals surface area (Å²) in [5, 5.41) is 3.59. The third-order valence-electron chi connectivity index (χ3n) is 4.15. The molecule has 0 aromatic rings. The van der Waals surface area contributed by atoms with E-state index >= 15 is 0 Å². The van der Waals surface area contributed by atoms with E-state index in [1.807, 2.05) is 0 Å². The van der Waals surface area contributed by atoms with Crippen LogP contribution in [-0.2, 0) is 0 Å². The Morgan fingerprint density at radius 2 is 2.12 bits per heavy atom. The largest absolute Gasteiger partial charge is 0.314 e. The summed E-state index contributed by atoms with van der Waals surface area (Å²) in [6.07, 6.45) is 6.91. The molecule has 3 nitrogen and oxygen atoms in total. The van der Waals surface area contributed by atoms with Gasteiger partial charge < -0.3 is 10.2 Å². The smallest absolute Gasteiger partial charge is 0.0223 e. The van der Waals surface area contributed by atoms with Crippen LogP contribution in [0.1, 0.15) is 39.0 Å². The molecule has 2 rings (SSSR count). The molecule has 3 heteroatoms. The highest BCUT2D eigenvalue weighted by molar-refractivity contribution is 4.82. The second-order valence-electron chi connectivity index (χ2n) is 5.77. The van der Waals surface area contributed by atoms with Crippen LogP contribution in [0.15, 0.2) is 0 Å². The lowest BCUT2D eigenvalue weighted by molar-refractivity contribution is 0.197. The predicted molar refractivity (Wildman–Crippen MR) is 73.4 cm³/mol. The van der Waals surface area contributed by atoms with Crippen molar-refractivity contribution in [2.75, 3.05) is 39.8 Å². The molecule has 2 aliphatic rings. The first-order valence-corrected chi connectivity index (χ1v) is 7.45. The molecule has 1 aliphatic heterocycles. The minimum absolute atomic E-state index is 0.821. The van der Waals surface area contributed by atoms with E-state index in [-0.39, 0.29) is 0 Å². The molecule has 1 unspecified atom stereocenters. The molecular weight excluding hydrogens is 210 g/mol. The van der Waals surface area contributed by atoms with E-state index in [1.165, 1.54) is 64.8 Å². The summed E-state index contributed by atoms with van der Waals surface area (Å²) in [6, 6.07) is 1.69. The van der Waals surface area contributed by atoms with Crippen molar-refractivity contribution >= 4 is 0 Å². The molecule has 0 aromatic carbocycles. The lowest BCUT2D eigenvalue weighted by Crippen LogP contribution is -2.39. The number of likely N-dealkylation sites (tertiary alicyclic amines) is 1. The Kier molecular flexibility index (Phi) is 5.26. The molecule has 0 aromatic heterocycles. The Balaban J connectivity index is 1.54. The average Bonchev–Trinajstić information content (AvgIpc) is 3.04. The van der Waals surface area contributed by atoms with Crippen molar-refractivity contribution in [1.29, 1.82) is 0 Å². The van der Waals surface area contributed by atoms with Crippen LogP contribution < -0.4 is 5.32 Å². The number of nitrogens with one attached hydrogen (secondary N) is 1. The maximum absolute atomic E-state index is 3.59. The maximum atomic E-state index is 3.59. The van der Waals surface area contributed by atoms with Gasteiger partial charge in [-0.05, 0) is 65.3 Å². The standard InChI is InChI=1S/C14H29N3/c1-3-17-11-4-6-14(17)12-16(2)10-5-9-15-13-7-8-13/h13-15H,3-12H2,1-2H3. The molecule has 0 amide bonds. The predicted octanol–water partition coefficient (Wildman–Crippen LogP) is 1.54. The van der Waals surface area contributed by atoms with Gasteiger partial charge in [0.15, 0.2) is 0 Å². The molecule has 1 aliphatic carbocycles. The minimum atomic E-state index is 0.821. The third kappa shape index (κ3) is 4.57. The van der Waals surface area contributed by atoms with Gasteiger partial charge in [-0.1, -0.05) is 6.92 Å². The first kappa shape index (κ1) is 13.3. The van der Waals surface area contributed by atoms with Gasteiger partial charge >= 0.3 is 0 Å². The molecule has 100 valence electrons. The van der Waals surface area contributed by atoms with E-state index in [9.17, 15) is 0 Å². The molecule has 1 heterocycles. The monoisotopic (exact) mass is 239 g/mol. The van der Waals surface area contributed by atoms with Gasteiger partial charge in [0.25, 0.3) is 0 Å². The van der Waals surface area contributed by atoms with E-state index in [2.05, 4.69) is 29.1 Å². The van der Waals surface area contributed by atoms with Gasteiger partial charge in [-0.3, -0.25) is 4.90 Å². The van der Waals surface area contributed by atoms with E-state index in [4.69, 9.17) is 0 Å². The molecule has 17 heavy (non-hydrogen) atoms. The summed E-state index contributed by atoms with van der Waals surface area (Å²) >= 11 is 0. The van der Waals surface area contributed by atoms with E-state index in [0.717, 1.165) is 12.1 Å². The van der Waals surface area contributed by atoms with Gasteiger partial charge in [-0.15, -0.1) is 0 Å². The van der Waals surface area contributed by atoms with Crippen molar-refractivity contribution in [2.45, 2.75) is 51.1 Å². The molecule has 0 spiro atoms. The molecule has 1 saturated heterocycles. The van der Waals surface area contributed by atoms with Crippen molar-refractivity contribution in [3.05, 3.63) is 0 Å². The summed E-state index contributed by atoms with van der Waals surface area (Å²) in [5.74, 6) is 0. The van der Waals surface area contributed by atoms with Crippen molar-refractivity contribution in [3.63, 3.8) is 0 Å². The highest BCUT2D eigenvalue weighted by Crippen LogP contribution is 2.18. The average molecular weight is 239 g/mol. The number of nitrogens with zero attached hydrogens (tertiary/aromatic N) is 2. The van der Waals surface area contributed by atoms with E-state index in [1.54, 1.807) is 0 Å². The Hall–Kier alpha value is -0.120. The Labute approximate surface area is 107 Å². The normalized spacial score (nSPS) is 25.9. The van der Waals surface area contributed by atoms with Crippen molar-refractivity contribution in [1.82, 2.24) is 15.1 Å². The van der Waals surface area contributed by atoms with Crippen LogP contribution in [0.3, 0.4) is 0 Å². The van der Waals surface area contributed by atoms with Crippen LogP contribution in [0, 0.1) is 0 Å². The van der Waals surface area contributed by atoms with Crippen LogP contribution in [0.25, 0.3) is 0 Å². The Morgan fingerprint density at radius 1 is 1.29 bits per heavy atom. The molecular formula is C14H29N3. The second-order valence-corrected chi connectivity index (χ2v) is 5.77. The fourth-order valence-corrected chi connectivity index (χ4v) is 2.91. The van der Waals surface area contributed by atoms with Gasteiger partial charge in [0.2, 0.25) is 0 Å². The summed E-state index contributed by atoms with van der Waals surface area (Å²) in [5.41, 5.74) is 0. The van der Waals surface area contributed by atoms with Crippen molar-refractivity contribution < 1.29 is 0 Å². The number of rotatable bonds is 8. The van der Waals surface area contributed by atoms with Gasteiger partial charge in [-0.2, -0.15) is 0 Å². The van der Waals surface area contributed by atoms with Crippen LogP contribution in [-0.4, -0.2) is 61.7 Å². The fourth-order valence-electron chi connectivity index (χ4n) is 2.91. The zero-order valence-electron chi connectivity index (χ0n) is 11.6. The third-order valence-corrected chi connectivity index (χ3v) is 4.15. The van der Waals surface area contributed by atoms with Crippen molar-refractivity contribution in [3.8, 4) is 0 Å².